The summed E-state index contributed by atoms with van der Waals surface area (Å²) in [5, 5.41) is 12.7. The Kier molecular flexibility index (Phi) is 4.79. The quantitative estimate of drug-likeness (QED) is 0.274. The van der Waals surface area contributed by atoms with Crippen LogP contribution in [-0.2, 0) is 0 Å². The van der Waals surface area contributed by atoms with Crippen molar-refractivity contribution in [2.45, 2.75) is 20.3 Å². The van der Waals surface area contributed by atoms with Crippen LogP contribution in [0.15, 0.2) is 72.9 Å². The first-order valence-corrected chi connectivity index (χ1v) is 10.5. The minimum Gasteiger partial charge on any atom is -0.355 e. The molecule has 0 spiro atoms. The molecule has 5 rings (SSSR count). The molecule has 3 N–H and O–H groups in total. The van der Waals surface area contributed by atoms with Crippen LogP contribution in [0.25, 0.3) is 32.9 Å². The number of hydrogen-bond donors (Lipinski definition) is 3. The number of aromatic amines is 2. The first-order chi connectivity index (χ1) is 15.0. The van der Waals surface area contributed by atoms with Gasteiger partial charge in [-0.3, -0.25) is 9.89 Å². The Hall–Kier alpha value is -3.86. The molecule has 5 heteroatoms. The summed E-state index contributed by atoms with van der Waals surface area (Å²) in [5.74, 6) is 0.507. The Morgan fingerprint density at radius 3 is 2.61 bits per heavy atom. The van der Waals surface area contributed by atoms with Crippen molar-refractivity contribution in [2.75, 3.05) is 5.32 Å². The van der Waals surface area contributed by atoms with Crippen LogP contribution in [0.2, 0.25) is 0 Å². The predicted molar refractivity (Wildman–Crippen MR) is 127 cm³/mol. The van der Waals surface area contributed by atoms with Crippen molar-refractivity contribution in [3.8, 4) is 11.1 Å². The molecule has 3 aromatic carbocycles. The molecule has 0 saturated carbocycles. The molecule has 154 valence electrons. The Morgan fingerprint density at radius 1 is 0.903 bits per heavy atom. The van der Waals surface area contributed by atoms with Crippen LogP contribution in [0.5, 0.6) is 0 Å². The van der Waals surface area contributed by atoms with Crippen LogP contribution >= 0.6 is 0 Å². The number of carbonyl (C=O) groups is 1. The van der Waals surface area contributed by atoms with E-state index in [-0.39, 0.29) is 5.78 Å². The highest BCUT2D eigenvalue weighted by Gasteiger charge is 2.12. The summed E-state index contributed by atoms with van der Waals surface area (Å²) in [4.78, 5) is 15.7. The lowest BCUT2D eigenvalue weighted by Gasteiger charge is -2.09. The fraction of sp³-hybridized carbons (Fsp3) is 0.154. The summed E-state index contributed by atoms with van der Waals surface area (Å²) >= 11 is 0. The SMILES string of the molecule is CC(C)CC(=O)c1cc2ccc(-c3cccc(Nc4ccc5[nH]ncc5c4)c3)cc2[nH]1. The number of Topliss-reactive ketones (excluding diaryl/α,β-unsaturated/α-hetero) is 1. The molecule has 0 fully saturated rings. The number of nitrogens with zero attached hydrogens (tertiary/aromatic N) is 1. The van der Waals surface area contributed by atoms with Gasteiger partial charge in [-0.05, 0) is 59.5 Å². The average Bonchev–Trinajstić information content (AvgIpc) is 3.39. The van der Waals surface area contributed by atoms with Crippen LogP contribution < -0.4 is 5.32 Å². The summed E-state index contributed by atoms with van der Waals surface area (Å²) in [7, 11) is 0. The maximum absolute atomic E-state index is 12.4. The monoisotopic (exact) mass is 408 g/mol. The van der Waals surface area contributed by atoms with Crippen molar-refractivity contribution in [3.05, 3.63) is 78.6 Å². The summed E-state index contributed by atoms with van der Waals surface area (Å²) in [6.07, 6.45) is 2.38. The van der Waals surface area contributed by atoms with Gasteiger partial charge in [0.25, 0.3) is 0 Å². The predicted octanol–water partition coefficient (Wildman–Crippen LogP) is 6.68. The molecule has 0 saturated heterocycles. The number of nitrogens with one attached hydrogen (secondary N) is 3. The zero-order valence-corrected chi connectivity index (χ0v) is 17.6. The van der Waals surface area contributed by atoms with Crippen LogP contribution in [0.4, 0.5) is 11.4 Å². The largest absolute Gasteiger partial charge is 0.355 e. The van der Waals surface area contributed by atoms with E-state index in [1.54, 1.807) is 0 Å². The van der Waals surface area contributed by atoms with E-state index in [2.05, 4.69) is 76.8 Å². The maximum Gasteiger partial charge on any atom is 0.179 e. The Balaban J connectivity index is 1.42. The van der Waals surface area contributed by atoms with Crippen molar-refractivity contribution >= 4 is 39.0 Å². The lowest BCUT2D eigenvalue weighted by Crippen LogP contribution is -2.03. The van der Waals surface area contributed by atoms with Gasteiger partial charge in [0.1, 0.15) is 0 Å². The number of hydrogen-bond acceptors (Lipinski definition) is 3. The molecule has 2 heterocycles. The highest BCUT2D eigenvalue weighted by Crippen LogP contribution is 2.29. The summed E-state index contributed by atoms with van der Waals surface area (Å²) < 4.78 is 0. The fourth-order valence-corrected chi connectivity index (χ4v) is 3.90. The number of aromatic nitrogens is 3. The van der Waals surface area contributed by atoms with E-state index in [0.717, 1.165) is 44.3 Å². The molecule has 5 nitrogen and oxygen atoms in total. The lowest BCUT2D eigenvalue weighted by molar-refractivity contribution is 0.0964. The van der Waals surface area contributed by atoms with Gasteiger partial charge < -0.3 is 10.3 Å². The van der Waals surface area contributed by atoms with Gasteiger partial charge in [0.05, 0.1) is 17.4 Å². The molecule has 0 bridgehead atoms. The van der Waals surface area contributed by atoms with Crippen molar-refractivity contribution < 1.29 is 4.79 Å². The minimum absolute atomic E-state index is 0.161. The fourth-order valence-electron chi connectivity index (χ4n) is 3.90. The zero-order chi connectivity index (χ0) is 21.4. The maximum atomic E-state index is 12.4. The molecule has 0 radical (unpaired) electrons. The van der Waals surface area contributed by atoms with E-state index in [4.69, 9.17) is 0 Å². The number of H-pyrrole nitrogens is 2. The van der Waals surface area contributed by atoms with Gasteiger partial charge in [0.2, 0.25) is 0 Å². The number of rotatable bonds is 6. The van der Waals surface area contributed by atoms with E-state index >= 15 is 0 Å². The Labute approximate surface area is 180 Å². The number of ketones is 1. The molecule has 0 aliphatic rings. The number of anilines is 2. The lowest BCUT2D eigenvalue weighted by atomic mass is 10.0. The minimum atomic E-state index is 0.161. The molecule has 31 heavy (non-hydrogen) atoms. The third kappa shape index (κ3) is 3.94. The van der Waals surface area contributed by atoms with Crippen molar-refractivity contribution in [1.29, 1.82) is 0 Å². The van der Waals surface area contributed by atoms with Gasteiger partial charge >= 0.3 is 0 Å². The van der Waals surface area contributed by atoms with Gasteiger partial charge in [-0.1, -0.05) is 38.1 Å². The highest BCUT2D eigenvalue weighted by molar-refractivity contribution is 6.00. The van der Waals surface area contributed by atoms with E-state index in [9.17, 15) is 4.79 Å². The van der Waals surface area contributed by atoms with Crippen LogP contribution in [0.1, 0.15) is 30.8 Å². The van der Waals surface area contributed by atoms with E-state index in [1.165, 1.54) is 0 Å². The van der Waals surface area contributed by atoms with Gasteiger partial charge in [0, 0.05) is 34.1 Å². The second kappa shape index (κ2) is 7.76. The molecule has 0 aliphatic carbocycles. The molecule has 2 aromatic heterocycles. The second-order valence-corrected chi connectivity index (χ2v) is 8.38. The Bertz CT molecular complexity index is 1390. The molecule has 0 unspecified atom stereocenters. The molecule has 0 amide bonds. The van der Waals surface area contributed by atoms with Crippen molar-refractivity contribution in [1.82, 2.24) is 15.2 Å². The average molecular weight is 409 g/mol. The molecular formula is C26H24N4O. The summed E-state index contributed by atoms with van der Waals surface area (Å²) in [6, 6.07) is 22.7. The van der Waals surface area contributed by atoms with Crippen LogP contribution in [0.3, 0.4) is 0 Å². The smallest absolute Gasteiger partial charge is 0.179 e. The van der Waals surface area contributed by atoms with Crippen molar-refractivity contribution in [3.63, 3.8) is 0 Å². The first kappa shape index (κ1) is 19.1. The van der Waals surface area contributed by atoms with Gasteiger partial charge in [-0.25, -0.2) is 0 Å². The van der Waals surface area contributed by atoms with Gasteiger partial charge in [0.15, 0.2) is 5.78 Å². The van der Waals surface area contributed by atoms with Crippen LogP contribution in [0, 0.1) is 5.92 Å². The normalized spacial score (nSPS) is 11.5. The molecule has 0 aliphatic heterocycles. The third-order valence-corrected chi connectivity index (χ3v) is 5.44. The van der Waals surface area contributed by atoms with E-state index in [1.807, 2.05) is 30.5 Å². The van der Waals surface area contributed by atoms with E-state index in [0.29, 0.717) is 18.0 Å². The standard InChI is InChI=1S/C26H24N4O/c1-16(2)10-26(31)25-14-19-7-6-18(13-24(19)29-25)17-4-3-5-21(11-17)28-22-8-9-23-20(12-22)15-27-30-23/h3-9,11-16,28-29H,10H2,1-2H3,(H,27,30). The molecule has 0 atom stereocenters. The highest BCUT2D eigenvalue weighted by atomic mass is 16.1. The van der Waals surface area contributed by atoms with Crippen LogP contribution in [-0.4, -0.2) is 21.0 Å². The van der Waals surface area contributed by atoms with Gasteiger partial charge in [-0.2, -0.15) is 5.10 Å². The van der Waals surface area contributed by atoms with Gasteiger partial charge in [-0.15, -0.1) is 0 Å². The Morgan fingerprint density at radius 2 is 1.74 bits per heavy atom. The summed E-state index contributed by atoms with van der Waals surface area (Å²) in [6.45, 7) is 4.12. The van der Waals surface area contributed by atoms with E-state index < -0.39 is 0 Å². The first-order valence-electron chi connectivity index (χ1n) is 10.5. The number of fused-ring (bicyclic) bond motifs is 2. The molecular weight excluding hydrogens is 384 g/mol. The summed E-state index contributed by atoms with van der Waals surface area (Å²) in [5.41, 5.74) is 6.93. The number of benzene rings is 3. The topological polar surface area (TPSA) is 73.6 Å². The van der Waals surface area contributed by atoms with Crippen molar-refractivity contribution in [2.24, 2.45) is 5.92 Å². The second-order valence-electron chi connectivity index (χ2n) is 8.38. The zero-order valence-electron chi connectivity index (χ0n) is 17.6. The number of carbonyl (C=O) groups excluding carboxylic acids is 1. The third-order valence-electron chi connectivity index (χ3n) is 5.44. The molecule has 5 aromatic rings.